The molecule has 12 heteroatoms. The van der Waals surface area contributed by atoms with Crippen LogP contribution in [0.1, 0.15) is 75.7 Å². The Bertz CT molecular complexity index is 1290. The molecule has 9 nitrogen and oxygen atoms in total. The number of piperazine rings is 1. The van der Waals surface area contributed by atoms with Crippen LogP contribution in [0.25, 0.3) is 15.9 Å². The van der Waals surface area contributed by atoms with Crippen LogP contribution in [0.4, 0.5) is 10.1 Å². The number of alkyl halides is 1. The molecule has 0 spiro atoms. The van der Waals surface area contributed by atoms with Crippen molar-refractivity contribution in [2.45, 2.75) is 81.4 Å². The maximum Gasteiger partial charge on any atom is 0.290 e. The fraction of sp³-hybridized carbons (Fsp3) is 0.600. The second-order valence-corrected chi connectivity index (χ2v) is 14.0. The number of nitrogens with one attached hydrogen (secondary N) is 2. The number of halogens is 1. The van der Waals surface area contributed by atoms with Gasteiger partial charge in [-0.25, -0.2) is 0 Å². The van der Waals surface area contributed by atoms with Gasteiger partial charge in [-0.2, -0.15) is 0 Å². The van der Waals surface area contributed by atoms with Crippen LogP contribution < -0.4 is 14.9 Å². The van der Waals surface area contributed by atoms with E-state index in [4.69, 9.17) is 14.9 Å². The van der Waals surface area contributed by atoms with Gasteiger partial charge in [0.15, 0.2) is 0 Å². The number of hydrogen-bond acceptors (Lipinski definition) is 8. The first-order valence-corrected chi connectivity index (χ1v) is 15.2. The molecule has 0 bridgehead atoms. The minimum absolute atomic E-state index is 0.0333. The summed E-state index contributed by atoms with van der Waals surface area (Å²) in [4.78, 5) is 17.2. The molecule has 2 saturated carbocycles. The number of fused-ring (bicyclic) bond motifs is 1. The van der Waals surface area contributed by atoms with Gasteiger partial charge in [-0.3, -0.25) is 4.79 Å². The van der Waals surface area contributed by atoms with E-state index in [1.54, 1.807) is 18.9 Å². The van der Waals surface area contributed by atoms with Crippen molar-refractivity contribution in [3.8, 4) is 10.3 Å². The van der Waals surface area contributed by atoms with Crippen molar-refractivity contribution in [1.29, 1.82) is 0 Å². The molecule has 4 heterocycles. The summed E-state index contributed by atoms with van der Waals surface area (Å²) in [5.74, 6) is 0.465. The summed E-state index contributed by atoms with van der Waals surface area (Å²) >= 11 is 1.49. The number of carboxylic acid groups (broad SMARTS) is 1. The molecule has 1 atom stereocenters. The first kappa shape index (κ1) is 26.6. The molecule has 3 aromatic heterocycles. The third kappa shape index (κ3) is 5.88. The van der Waals surface area contributed by atoms with Crippen molar-refractivity contribution in [3.05, 3.63) is 22.5 Å². The van der Waals surface area contributed by atoms with Crippen LogP contribution in [0, 0.1) is 0 Å². The van der Waals surface area contributed by atoms with Gasteiger partial charge in [-0.15, -0.1) is 0 Å². The monoisotopic (exact) mass is 595 g/mol. The Kier molecular flexibility index (Phi) is 7.41. The van der Waals surface area contributed by atoms with E-state index in [2.05, 4.69) is 62.6 Å². The van der Waals surface area contributed by atoms with E-state index in [0.717, 1.165) is 54.1 Å². The van der Waals surface area contributed by atoms with Gasteiger partial charge in [0.2, 0.25) is 0 Å². The Morgan fingerprint density at radius 2 is 2.05 bits per heavy atom. The number of aromatic nitrogens is 4. The third-order valence-corrected chi connectivity index (χ3v) is 10.3. The fourth-order valence-corrected chi connectivity index (χ4v) is 7.20. The van der Waals surface area contributed by atoms with Crippen LogP contribution in [-0.4, -0.2) is 76.4 Å². The zero-order valence-electron chi connectivity index (χ0n) is 21.6. The van der Waals surface area contributed by atoms with Gasteiger partial charge in [0.1, 0.15) is 0 Å². The van der Waals surface area contributed by atoms with Gasteiger partial charge in [0.05, 0.1) is 0 Å². The van der Waals surface area contributed by atoms with Crippen LogP contribution in [0.15, 0.2) is 17.2 Å². The molecule has 6 rings (SSSR count). The van der Waals surface area contributed by atoms with Gasteiger partial charge in [0, 0.05) is 0 Å². The van der Waals surface area contributed by atoms with Gasteiger partial charge in [-0.1, -0.05) is 0 Å². The Morgan fingerprint density at radius 1 is 1.32 bits per heavy atom. The Hall–Kier alpha value is -1.98. The molecule has 3 aliphatic rings. The maximum absolute atomic E-state index is 14.0. The average Bonchev–Trinajstić information content (AvgIpc) is 3.73. The van der Waals surface area contributed by atoms with E-state index >= 15 is 0 Å². The Labute approximate surface area is 226 Å². The maximum atomic E-state index is 14.0. The molecule has 3 N–H and O–H groups in total. The van der Waals surface area contributed by atoms with Gasteiger partial charge >= 0.3 is 211 Å². The van der Waals surface area contributed by atoms with E-state index in [-0.39, 0.29) is 32.1 Å². The molecule has 0 amide bonds. The Morgan fingerprint density at radius 3 is 2.65 bits per heavy atom. The quantitative estimate of drug-likeness (QED) is 0.214. The fourth-order valence-electron chi connectivity index (χ4n) is 4.57. The van der Waals surface area contributed by atoms with Gasteiger partial charge in [-0.05, 0) is 0 Å². The Balaban J connectivity index is 0.000000892. The average molecular weight is 595 g/mol. The SMILES string of the molecule is CC(F)c1nnc(-c2c(C3CC3)nc3c(N4CCNC(C)(C)C4)cc(SNC4(C)CC4)cn23)[se]1.O=CO. The number of pyridine rings is 1. The molecule has 200 valence electrons. The standard InChI is InChI=1S/C24H32FN7SSe.CH2O2/c1-14(25)21-28-29-22(34-21)19-18(15-5-6-15)27-20-17(31-10-9-26-23(2,3)13-31)11-16(12-32(19)20)33-30-24(4)7-8-24;2-1-3/h11-12,14-15,26,30H,5-10,13H2,1-4H3;1H,(H,2,3). The van der Waals surface area contributed by atoms with Crippen LogP contribution in [0.3, 0.4) is 0 Å². The second kappa shape index (κ2) is 10.3. The molecule has 3 fully saturated rings. The van der Waals surface area contributed by atoms with Crippen molar-refractivity contribution in [1.82, 2.24) is 29.6 Å². The summed E-state index contributed by atoms with van der Waals surface area (Å²) in [6, 6.07) is 2.29. The summed E-state index contributed by atoms with van der Waals surface area (Å²) in [6.45, 7) is 10.9. The molecule has 0 aromatic carbocycles. The van der Waals surface area contributed by atoms with Crippen molar-refractivity contribution in [2.75, 3.05) is 24.5 Å². The summed E-state index contributed by atoms with van der Waals surface area (Å²) < 4.78 is 21.4. The van der Waals surface area contributed by atoms with E-state index in [0.29, 0.717) is 10.5 Å². The van der Waals surface area contributed by atoms with Crippen molar-refractivity contribution in [2.24, 2.45) is 0 Å². The minimum atomic E-state index is -1.06. The summed E-state index contributed by atoms with van der Waals surface area (Å²) in [5, 5.41) is 19.2. The van der Waals surface area contributed by atoms with Gasteiger partial charge in [0.25, 0.3) is 6.47 Å². The van der Waals surface area contributed by atoms with Crippen molar-refractivity contribution >= 4 is 44.3 Å². The van der Waals surface area contributed by atoms with E-state index < -0.39 is 6.17 Å². The van der Waals surface area contributed by atoms with Crippen molar-refractivity contribution < 1.29 is 14.3 Å². The molecular weight excluding hydrogens is 560 g/mol. The summed E-state index contributed by atoms with van der Waals surface area (Å²) in [7, 11) is 0. The van der Waals surface area contributed by atoms with Gasteiger partial charge < -0.3 is 5.11 Å². The smallest absolute Gasteiger partial charge is 0.290 e. The first-order valence-electron chi connectivity index (χ1n) is 12.7. The van der Waals surface area contributed by atoms with Crippen LogP contribution in [-0.2, 0) is 4.79 Å². The number of carbonyl (C=O) groups is 1. The molecule has 1 aliphatic heterocycles. The molecule has 1 unspecified atom stereocenters. The number of hydrogen-bond donors (Lipinski definition) is 3. The molecule has 2 aliphatic carbocycles. The van der Waals surface area contributed by atoms with Crippen molar-refractivity contribution in [3.63, 3.8) is 0 Å². The normalized spacial score (nSPS) is 20.8. The summed E-state index contributed by atoms with van der Waals surface area (Å²) in [5.41, 5.74) is 4.58. The first-order chi connectivity index (χ1) is 17.6. The zero-order valence-corrected chi connectivity index (χ0v) is 24.2. The number of nitrogens with zero attached hydrogens (tertiary/aromatic N) is 5. The predicted octanol–water partition coefficient (Wildman–Crippen LogP) is 3.79. The third-order valence-electron chi connectivity index (χ3n) is 6.98. The van der Waals surface area contributed by atoms with E-state index in [1.165, 1.54) is 23.4 Å². The second-order valence-electron chi connectivity index (χ2n) is 11.0. The topological polar surface area (TPSA) is 108 Å². The van der Waals surface area contributed by atoms with Crippen LogP contribution in [0.2, 0.25) is 0 Å². The minimum Gasteiger partial charge on any atom is -0.483 e. The summed E-state index contributed by atoms with van der Waals surface area (Å²) in [6.07, 6.45) is 5.87. The number of rotatable bonds is 7. The zero-order chi connectivity index (χ0) is 26.4. The largest absolute Gasteiger partial charge is 0.483 e. The molecular formula is C25H34FN7O2SSe. The van der Waals surface area contributed by atoms with Crippen LogP contribution >= 0.6 is 11.9 Å². The number of anilines is 1. The molecule has 3 aromatic rings. The van der Waals surface area contributed by atoms with E-state index in [9.17, 15) is 4.39 Å². The molecule has 37 heavy (non-hydrogen) atoms. The van der Waals surface area contributed by atoms with E-state index in [1.807, 2.05) is 0 Å². The van der Waals surface area contributed by atoms with Crippen LogP contribution in [0.5, 0.6) is 0 Å². The predicted molar refractivity (Wildman–Crippen MR) is 144 cm³/mol. The number of imidazole rings is 1. The molecule has 1 saturated heterocycles. The molecule has 0 radical (unpaired) electrons.